The summed E-state index contributed by atoms with van der Waals surface area (Å²) in [6.45, 7) is 3.27. The van der Waals surface area contributed by atoms with Gasteiger partial charge in [-0.15, -0.1) is 0 Å². The molecule has 0 atom stereocenters. The average molecular weight is 240 g/mol. The predicted octanol–water partition coefficient (Wildman–Crippen LogP) is 3.33. The van der Waals surface area contributed by atoms with Crippen molar-refractivity contribution in [2.45, 2.75) is 32.6 Å². The second-order valence-electron chi connectivity index (χ2n) is 4.25. The van der Waals surface area contributed by atoms with Crippen molar-refractivity contribution < 1.29 is 18.3 Å². The number of hydrogen-bond donors (Lipinski definition) is 0. The van der Waals surface area contributed by atoms with Crippen molar-refractivity contribution in [3.63, 3.8) is 0 Å². The second kappa shape index (κ2) is 4.43. The summed E-state index contributed by atoms with van der Waals surface area (Å²) in [4.78, 5) is 11.4. The van der Waals surface area contributed by atoms with Crippen LogP contribution in [0.25, 0.3) is 0 Å². The van der Waals surface area contributed by atoms with E-state index in [1.165, 1.54) is 6.92 Å². The van der Waals surface area contributed by atoms with Crippen molar-refractivity contribution in [1.82, 2.24) is 0 Å². The van der Waals surface area contributed by atoms with E-state index in [4.69, 9.17) is 0 Å². The largest absolute Gasteiger partial charge is 0.462 e. The van der Waals surface area contributed by atoms with Gasteiger partial charge in [0.1, 0.15) is 11.6 Å². The molecule has 0 N–H and O–H groups in total. The van der Waals surface area contributed by atoms with Crippen LogP contribution in [0.5, 0.6) is 0 Å². The van der Waals surface area contributed by atoms with Crippen LogP contribution in [0.1, 0.15) is 47.2 Å². The third-order valence-corrected chi connectivity index (χ3v) is 2.98. The molecule has 0 unspecified atom stereocenters. The first-order chi connectivity index (χ1) is 8.06. The van der Waals surface area contributed by atoms with E-state index >= 15 is 0 Å². The van der Waals surface area contributed by atoms with Gasteiger partial charge in [0.25, 0.3) is 0 Å². The van der Waals surface area contributed by atoms with E-state index < -0.39 is 17.6 Å². The third kappa shape index (κ3) is 2.16. The number of esters is 1. The first-order valence-corrected chi connectivity index (χ1v) is 5.71. The van der Waals surface area contributed by atoms with Crippen LogP contribution in [0.3, 0.4) is 0 Å². The Balaban J connectivity index is 2.45. The van der Waals surface area contributed by atoms with Crippen molar-refractivity contribution >= 4 is 5.97 Å². The minimum absolute atomic E-state index is 0.112. The first-order valence-electron chi connectivity index (χ1n) is 5.71. The molecule has 0 bridgehead atoms. The Hall–Kier alpha value is -1.45. The van der Waals surface area contributed by atoms with Crippen LogP contribution in [0, 0.1) is 18.6 Å². The van der Waals surface area contributed by atoms with Crippen molar-refractivity contribution in [2.75, 3.05) is 6.61 Å². The first kappa shape index (κ1) is 12.0. The van der Waals surface area contributed by atoms with Gasteiger partial charge >= 0.3 is 5.97 Å². The highest BCUT2D eigenvalue weighted by atomic mass is 19.1. The van der Waals surface area contributed by atoms with E-state index in [0.717, 1.165) is 18.9 Å². The molecule has 1 aliphatic rings. The van der Waals surface area contributed by atoms with Crippen molar-refractivity contribution in [2.24, 2.45) is 0 Å². The molecule has 92 valence electrons. The van der Waals surface area contributed by atoms with E-state index in [2.05, 4.69) is 4.74 Å². The Labute approximate surface area is 98.6 Å². The fourth-order valence-corrected chi connectivity index (χ4v) is 2.00. The zero-order valence-electron chi connectivity index (χ0n) is 9.85. The lowest BCUT2D eigenvalue weighted by atomic mass is 9.99. The molecule has 0 amide bonds. The molecule has 2 rings (SSSR count). The zero-order chi connectivity index (χ0) is 12.6. The van der Waals surface area contributed by atoms with Crippen molar-refractivity contribution in [1.29, 1.82) is 0 Å². The molecule has 0 spiro atoms. The summed E-state index contributed by atoms with van der Waals surface area (Å²) < 4.78 is 32.4. The highest BCUT2D eigenvalue weighted by Crippen LogP contribution is 2.43. The molecular formula is C13H14F2O2. The SMILES string of the molecule is CCOC(=O)c1cc(F)c(C2CC2)c(C)c1F. The summed E-state index contributed by atoms with van der Waals surface area (Å²) in [5.74, 6) is -1.86. The number of ether oxygens (including phenoxy) is 1. The summed E-state index contributed by atoms with van der Waals surface area (Å²) in [6.07, 6.45) is 1.77. The topological polar surface area (TPSA) is 26.3 Å². The number of carbonyl (C=O) groups is 1. The fourth-order valence-electron chi connectivity index (χ4n) is 2.00. The van der Waals surface area contributed by atoms with Crippen LogP contribution in [0.2, 0.25) is 0 Å². The number of benzene rings is 1. The Morgan fingerprint density at radius 1 is 1.47 bits per heavy atom. The number of hydrogen-bond acceptors (Lipinski definition) is 2. The Morgan fingerprint density at radius 3 is 2.65 bits per heavy atom. The van der Waals surface area contributed by atoms with Crippen LogP contribution in [0.4, 0.5) is 8.78 Å². The number of rotatable bonds is 3. The standard InChI is InChI=1S/C13H14F2O2/c1-3-17-13(16)9-6-10(14)11(8-4-5-8)7(2)12(9)15/h6,8H,3-5H2,1-2H3. The second-order valence-corrected chi connectivity index (χ2v) is 4.25. The van der Waals surface area contributed by atoms with Crippen LogP contribution in [-0.2, 0) is 4.74 Å². The predicted molar refractivity (Wildman–Crippen MR) is 59.0 cm³/mol. The van der Waals surface area contributed by atoms with Gasteiger partial charge in [-0.2, -0.15) is 0 Å². The molecule has 0 aromatic heterocycles. The normalized spacial score (nSPS) is 14.8. The van der Waals surface area contributed by atoms with E-state index in [0.29, 0.717) is 5.56 Å². The van der Waals surface area contributed by atoms with Gasteiger partial charge in [-0.05, 0) is 49.8 Å². The summed E-state index contributed by atoms with van der Waals surface area (Å²) in [7, 11) is 0. The van der Waals surface area contributed by atoms with Gasteiger partial charge in [-0.25, -0.2) is 13.6 Å². The minimum atomic E-state index is -0.811. The Bertz CT molecular complexity index is 465. The molecule has 0 saturated heterocycles. The maximum atomic E-state index is 13.9. The summed E-state index contributed by atoms with van der Waals surface area (Å²) >= 11 is 0. The maximum absolute atomic E-state index is 13.9. The van der Waals surface area contributed by atoms with Gasteiger partial charge < -0.3 is 4.74 Å². The maximum Gasteiger partial charge on any atom is 0.341 e. The molecule has 1 aromatic carbocycles. The molecule has 2 nitrogen and oxygen atoms in total. The van der Waals surface area contributed by atoms with Crippen molar-refractivity contribution in [3.8, 4) is 0 Å². The smallest absolute Gasteiger partial charge is 0.341 e. The van der Waals surface area contributed by atoms with Crippen LogP contribution in [-0.4, -0.2) is 12.6 Å². The third-order valence-electron chi connectivity index (χ3n) is 2.98. The molecular weight excluding hydrogens is 226 g/mol. The van der Waals surface area contributed by atoms with E-state index in [9.17, 15) is 13.6 Å². The molecule has 1 aliphatic carbocycles. The lowest BCUT2D eigenvalue weighted by Gasteiger charge is -2.11. The average Bonchev–Trinajstić information content (AvgIpc) is 3.08. The molecule has 0 heterocycles. The van der Waals surface area contributed by atoms with Crippen LogP contribution < -0.4 is 0 Å². The van der Waals surface area contributed by atoms with Gasteiger partial charge in [-0.1, -0.05) is 0 Å². The molecule has 17 heavy (non-hydrogen) atoms. The van der Waals surface area contributed by atoms with Gasteiger partial charge in [-0.3, -0.25) is 0 Å². The molecule has 4 heteroatoms. The monoisotopic (exact) mass is 240 g/mol. The summed E-state index contributed by atoms with van der Waals surface area (Å²) in [5.41, 5.74) is 0.331. The zero-order valence-corrected chi connectivity index (χ0v) is 9.85. The minimum Gasteiger partial charge on any atom is -0.462 e. The molecule has 1 saturated carbocycles. The Morgan fingerprint density at radius 2 is 2.12 bits per heavy atom. The van der Waals surface area contributed by atoms with E-state index in [-0.39, 0.29) is 23.7 Å². The summed E-state index contributed by atoms with van der Waals surface area (Å²) in [6, 6.07) is 0.952. The summed E-state index contributed by atoms with van der Waals surface area (Å²) in [5, 5.41) is 0. The lowest BCUT2D eigenvalue weighted by Crippen LogP contribution is -2.11. The molecule has 1 fully saturated rings. The highest BCUT2D eigenvalue weighted by molar-refractivity contribution is 5.90. The fraction of sp³-hybridized carbons (Fsp3) is 0.462. The highest BCUT2D eigenvalue weighted by Gasteiger charge is 2.31. The molecule has 0 radical (unpaired) electrons. The van der Waals surface area contributed by atoms with Gasteiger partial charge in [0, 0.05) is 0 Å². The van der Waals surface area contributed by atoms with Gasteiger partial charge in [0.05, 0.1) is 12.2 Å². The molecule has 1 aromatic rings. The molecule has 0 aliphatic heterocycles. The number of carbonyl (C=O) groups excluding carboxylic acids is 1. The van der Waals surface area contributed by atoms with Gasteiger partial charge in [0.15, 0.2) is 0 Å². The van der Waals surface area contributed by atoms with Crippen LogP contribution in [0.15, 0.2) is 6.07 Å². The Kier molecular flexibility index (Phi) is 3.13. The van der Waals surface area contributed by atoms with Crippen LogP contribution >= 0.6 is 0 Å². The van der Waals surface area contributed by atoms with Crippen molar-refractivity contribution in [3.05, 3.63) is 34.4 Å². The van der Waals surface area contributed by atoms with Gasteiger partial charge in [0.2, 0.25) is 0 Å². The lowest BCUT2D eigenvalue weighted by molar-refractivity contribution is 0.0520. The van der Waals surface area contributed by atoms with E-state index in [1.807, 2.05) is 0 Å². The number of halogens is 2. The quantitative estimate of drug-likeness (QED) is 0.757. The van der Waals surface area contributed by atoms with E-state index in [1.54, 1.807) is 6.92 Å².